The lowest BCUT2D eigenvalue weighted by Gasteiger charge is -2.10. The van der Waals surface area contributed by atoms with Crippen molar-refractivity contribution in [2.24, 2.45) is 0 Å². The van der Waals surface area contributed by atoms with E-state index in [-0.39, 0.29) is 27.9 Å². The van der Waals surface area contributed by atoms with E-state index in [9.17, 15) is 18.0 Å². The summed E-state index contributed by atoms with van der Waals surface area (Å²) in [5.41, 5.74) is 0.0112. The van der Waals surface area contributed by atoms with Gasteiger partial charge >= 0.3 is 6.18 Å². The average Bonchev–Trinajstić information content (AvgIpc) is 3.30. The highest BCUT2D eigenvalue weighted by Crippen LogP contribution is 2.34. The van der Waals surface area contributed by atoms with E-state index >= 15 is 0 Å². The van der Waals surface area contributed by atoms with Crippen LogP contribution in [0.2, 0.25) is 5.02 Å². The third kappa shape index (κ3) is 4.96. The van der Waals surface area contributed by atoms with Crippen molar-refractivity contribution in [1.82, 2.24) is 20.0 Å². The molecule has 0 fully saturated rings. The molecular weight excluding hydrogens is 461 g/mol. The lowest BCUT2D eigenvalue weighted by Crippen LogP contribution is -2.06. The van der Waals surface area contributed by atoms with Crippen molar-refractivity contribution >= 4 is 17.4 Å². The van der Waals surface area contributed by atoms with Crippen LogP contribution in [0.4, 0.5) is 13.2 Å². The smallest absolute Gasteiger partial charge is 0.417 e. The molecule has 33 heavy (non-hydrogen) atoms. The summed E-state index contributed by atoms with van der Waals surface area (Å²) in [5, 5.41) is 7.58. The second-order valence-electron chi connectivity index (χ2n) is 6.71. The first-order valence-electron chi connectivity index (χ1n) is 9.37. The second-order valence-corrected chi connectivity index (χ2v) is 7.12. The normalized spacial score (nSPS) is 11.3. The van der Waals surface area contributed by atoms with E-state index in [0.29, 0.717) is 17.6 Å². The number of aromatic nitrogens is 4. The van der Waals surface area contributed by atoms with Crippen LogP contribution in [0.25, 0.3) is 5.69 Å². The van der Waals surface area contributed by atoms with Gasteiger partial charge in [0.1, 0.15) is 16.5 Å². The third-order valence-corrected chi connectivity index (χ3v) is 4.78. The van der Waals surface area contributed by atoms with Gasteiger partial charge in [-0.15, -0.1) is 5.10 Å². The number of alkyl halides is 3. The highest BCUT2D eigenvalue weighted by molar-refractivity contribution is 6.31. The van der Waals surface area contributed by atoms with Crippen LogP contribution in [0.15, 0.2) is 67.0 Å². The number of benzene rings is 2. The van der Waals surface area contributed by atoms with Crippen molar-refractivity contribution in [1.29, 1.82) is 0 Å². The number of hydrogen-bond acceptors (Lipinski definition) is 6. The highest BCUT2D eigenvalue weighted by atomic mass is 35.5. The summed E-state index contributed by atoms with van der Waals surface area (Å²) in [6.07, 6.45) is -2.48. The molecule has 7 nitrogen and oxygen atoms in total. The number of ketones is 1. The zero-order chi connectivity index (χ0) is 23.6. The number of methoxy groups -OCH3 is 1. The van der Waals surface area contributed by atoms with E-state index in [1.807, 2.05) is 0 Å². The minimum atomic E-state index is -4.58. The molecule has 0 aliphatic rings. The van der Waals surface area contributed by atoms with Crippen LogP contribution in [-0.4, -0.2) is 32.9 Å². The Bertz CT molecular complexity index is 1310. The molecule has 11 heteroatoms. The van der Waals surface area contributed by atoms with Gasteiger partial charge in [-0.25, -0.2) is 9.67 Å². The van der Waals surface area contributed by atoms with Gasteiger partial charge < -0.3 is 9.47 Å². The Morgan fingerprint density at radius 1 is 1.06 bits per heavy atom. The number of hydrogen-bond donors (Lipinski definition) is 0. The van der Waals surface area contributed by atoms with Crippen LogP contribution < -0.4 is 9.47 Å². The number of ether oxygens (including phenoxy) is 2. The molecule has 0 aliphatic carbocycles. The first-order chi connectivity index (χ1) is 15.7. The summed E-state index contributed by atoms with van der Waals surface area (Å²) in [4.78, 5) is 16.5. The van der Waals surface area contributed by atoms with Crippen LogP contribution in [0.5, 0.6) is 17.4 Å². The van der Waals surface area contributed by atoms with E-state index in [2.05, 4.69) is 15.3 Å². The lowest BCUT2D eigenvalue weighted by molar-refractivity contribution is -0.137. The monoisotopic (exact) mass is 474 g/mol. The Balaban J connectivity index is 1.53. The summed E-state index contributed by atoms with van der Waals surface area (Å²) in [5.74, 6) is 0.193. The number of carbonyl (C=O) groups excluding carboxylic acids is 1. The molecule has 0 saturated heterocycles. The molecule has 0 amide bonds. The van der Waals surface area contributed by atoms with Gasteiger partial charge in [-0.05, 0) is 42.5 Å². The van der Waals surface area contributed by atoms with Crippen LogP contribution in [0, 0.1) is 0 Å². The van der Waals surface area contributed by atoms with Crippen molar-refractivity contribution in [2.75, 3.05) is 7.11 Å². The molecule has 2 heterocycles. The SMILES string of the molecule is COc1ccc(-n2cc(C(=O)c3cccc(Oc4ncc(C(F)(F)F)cc4Cl)c3)nn2)cc1. The van der Waals surface area contributed by atoms with Crippen LogP contribution in [-0.2, 0) is 6.18 Å². The van der Waals surface area contributed by atoms with E-state index in [4.69, 9.17) is 21.1 Å². The lowest BCUT2D eigenvalue weighted by atomic mass is 10.1. The molecule has 0 atom stereocenters. The fraction of sp³-hybridized carbons (Fsp3) is 0.0909. The zero-order valence-corrected chi connectivity index (χ0v) is 17.6. The maximum atomic E-state index is 12.9. The largest absolute Gasteiger partial charge is 0.497 e. The maximum absolute atomic E-state index is 12.9. The number of halogens is 4. The van der Waals surface area contributed by atoms with Gasteiger partial charge in [-0.1, -0.05) is 28.9 Å². The summed E-state index contributed by atoms with van der Waals surface area (Å²) < 4.78 is 50.4. The zero-order valence-electron chi connectivity index (χ0n) is 16.9. The van der Waals surface area contributed by atoms with Gasteiger partial charge in [0.05, 0.1) is 24.6 Å². The van der Waals surface area contributed by atoms with Crippen molar-refractivity contribution < 1.29 is 27.4 Å². The molecule has 0 radical (unpaired) electrons. The van der Waals surface area contributed by atoms with Crippen molar-refractivity contribution in [3.8, 4) is 23.1 Å². The molecule has 0 unspecified atom stereocenters. The van der Waals surface area contributed by atoms with Gasteiger partial charge in [0.15, 0.2) is 5.69 Å². The Morgan fingerprint density at radius 2 is 1.82 bits per heavy atom. The highest BCUT2D eigenvalue weighted by Gasteiger charge is 2.31. The topological polar surface area (TPSA) is 79.1 Å². The molecule has 2 aromatic heterocycles. The van der Waals surface area contributed by atoms with Gasteiger partial charge in [-0.2, -0.15) is 13.2 Å². The predicted octanol–water partition coefficient (Wildman–Crippen LogP) is 5.37. The molecule has 0 saturated carbocycles. The summed E-state index contributed by atoms with van der Waals surface area (Å²) in [6, 6.07) is 13.8. The van der Waals surface area contributed by atoms with Crippen LogP contribution in [0.3, 0.4) is 0 Å². The molecule has 4 rings (SSSR count). The fourth-order valence-corrected chi connectivity index (χ4v) is 3.05. The first kappa shape index (κ1) is 22.3. The van der Waals surface area contributed by atoms with E-state index in [0.717, 1.165) is 6.07 Å². The first-order valence-corrected chi connectivity index (χ1v) is 9.74. The van der Waals surface area contributed by atoms with Crippen molar-refractivity contribution in [3.63, 3.8) is 0 Å². The standard InChI is InChI=1S/C22H14ClF3N4O3/c1-32-16-7-5-15(6-8-16)30-12-19(28-29-30)20(31)13-3-2-4-17(9-13)33-21-18(23)10-14(11-27-21)22(24,25)26/h2-12H,1H3. The minimum Gasteiger partial charge on any atom is -0.497 e. The summed E-state index contributed by atoms with van der Waals surface area (Å²) in [6.45, 7) is 0. The maximum Gasteiger partial charge on any atom is 0.417 e. The third-order valence-electron chi connectivity index (χ3n) is 4.51. The summed E-state index contributed by atoms with van der Waals surface area (Å²) >= 11 is 5.88. The second kappa shape index (κ2) is 8.91. The molecule has 0 N–H and O–H groups in total. The molecule has 0 spiro atoms. The van der Waals surface area contributed by atoms with E-state index in [1.165, 1.54) is 23.0 Å². The average molecular weight is 475 g/mol. The molecule has 0 bridgehead atoms. The summed E-state index contributed by atoms with van der Waals surface area (Å²) in [7, 11) is 1.56. The van der Waals surface area contributed by atoms with Gasteiger partial charge in [0.2, 0.25) is 11.7 Å². The molecule has 0 aliphatic heterocycles. The molecule has 168 valence electrons. The number of pyridine rings is 1. The van der Waals surface area contributed by atoms with Gasteiger partial charge in [0, 0.05) is 11.8 Å². The number of nitrogens with zero attached hydrogens (tertiary/aromatic N) is 4. The van der Waals surface area contributed by atoms with E-state index < -0.39 is 17.5 Å². The fourth-order valence-electron chi connectivity index (χ4n) is 2.84. The number of rotatable bonds is 6. The Morgan fingerprint density at radius 3 is 2.48 bits per heavy atom. The predicted molar refractivity (Wildman–Crippen MR) is 112 cm³/mol. The quantitative estimate of drug-likeness (QED) is 0.350. The Labute approximate surface area is 190 Å². The molecular formula is C22H14ClF3N4O3. The molecule has 4 aromatic rings. The number of carbonyl (C=O) groups is 1. The van der Waals surface area contributed by atoms with Gasteiger partial charge in [0.25, 0.3) is 0 Å². The minimum absolute atomic E-state index is 0.0913. The molecule has 2 aromatic carbocycles. The van der Waals surface area contributed by atoms with Crippen LogP contribution in [0.1, 0.15) is 21.6 Å². The Kier molecular flexibility index (Phi) is 6.01. The Hall–Kier alpha value is -3.92. The van der Waals surface area contributed by atoms with Crippen molar-refractivity contribution in [3.05, 3.63) is 88.8 Å². The van der Waals surface area contributed by atoms with E-state index in [1.54, 1.807) is 43.5 Å². The van der Waals surface area contributed by atoms with Crippen molar-refractivity contribution in [2.45, 2.75) is 6.18 Å². The van der Waals surface area contributed by atoms with Gasteiger partial charge in [-0.3, -0.25) is 4.79 Å². The van der Waals surface area contributed by atoms with Crippen LogP contribution >= 0.6 is 11.6 Å².